The number of aromatic nitrogens is 1. The fourth-order valence-corrected chi connectivity index (χ4v) is 3.08. The fraction of sp³-hybridized carbons (Fsp3) is 0.412. The highest BCUT2D eigenvalue weighted by molar-refractivity contribution is 7.14. The average molecular weight is 379 g/mol. The Morgan fingerprint density at radius 1 is 1.35 bits per heavy atom. The largest absolute Gasteiger partial charge is 0.493 e. The normalized spacial score (nSPS) is 11.1. The van der Waals surface area contributed by atoms with Crippen molar-refractivity contribution in [2.45, 2.75) is 33.1 Å². The molecule has 1 N–H and O–H groups in total. The van der Waals surface area contributed by atoms with E-state index in [0.29, 0.717) is 11.7 Å². The number of nitro benzene ring substituents is 1. The van der Waals surface area contributed by atoms with E-state index in [4.69, 9.17) is 9.47 Å². The predicted octanol–water partition coefficient (Wildman–Crippen LogP) is 4.01. The van der Waals surface area contributed by atoms with E-state index in [-0.39, 0.29) is 28.2 Å². The second-order valence-corrected chi connectivity index (χ2v) is 7.31. The molecule has 140 valence electrons. The number of hydrogen-bond acceptors (Lipinski definition) is 7. The van der Waals surface area contributed by atoms with Crippen molar-refractivity contribution in [1.29, 1.82) is 0 Å². The summed E-state index contributed by atoms with van der Waals surface area (Å²) in [6.45, 7) is 8.09. The molecule has 0 radical (unpaired) electrons. The molecule has 1 aromatic heterocycles. The minimum Gasteiger partial charge on any atom is -0.493 e. The van der Waals surface area contributed by atoms with Gasteiger partial charge in [0.1, 0.15) is 5.56 Å². The first-order valence-electron chi connectivity index (χ1n) is 7.94. The molecule has 0 aliphatic rings. The van der Waals surface area contributed by atoms with E-state index in [0.717, 1.165) is 5.69 Å². The van der Waals surface area contributed by atoms with Crippen LogP contribution in [0.3, 0.4) is 0 Å². The number of benzene rings is 1. The van der Waals surface area contributed by atoms with Gasteiger partial charge in [0.15, 0.2) is 16.6 Å². The summed E-state index contributed by atoms with van der Waals surface area (Å²) in [4.78, 5) is 27.7. The zero-order valence-electron chi connectivity index (χ0n) is 15.3. The van der Waals surface area contributed by atoms with Crippen molar-refractivity contribution in [3.05, 3.63) is 38.9 Å². The summed E-state index contributed by atoms with van der Waals surface area (Å²) < 4.78 is 10.5. The number of carbonyl (C=O) groups is 1. The van der Waals surface area contributed by atoms with Gasteiger partial charge in [-0.2, -0.15) is 0 Å². The van der Waals surface area contributed by atoms with Crippen LogP contribution in [-0.4, -0.2) is 29.5 Å². The van der Waals surface area contributed by atoms with Gasteiger partial charge in [-0.15, -0.1) is 11.3 Å². The van der Waals surface area contributed by atoms with Gasteiger partial charge in [-0.05, 0) is 6.92 Å². The van der Waals surface area contributed by atoms with Crippen LogP contribution in [0.25, 0.3) is 0 Å². The van der Waals surface area contributed by atoms with E-state index >= 15 is 0 Å². The SMILES string of the molecule is CCOc1cc([N+](=O)[O-])c(C(=O)Nc2nc(C(C)(C)C)cs2)cc1OC. The molecule has 1 heterocycles. The number of nitrogens with zero attached hydrogens (tertiary/aromatic N) is 2. The average Bonchev–Trinajstić information content (AvgIpc) is 3.03. The monoisotopic (exact) mass is 379 g/mol. The molecule has 26 heavy (non-hydrogen) atoms. The minimum atomic E-state index is -0.632. The van der Waals surface area contributed by atoms with Crippen molar-refractivity contribution >= 4 is 28.1 Å². The summed E-state index contributed by atoms with van der Waals surface area (Å²) >= 11 is 1.27. The molecule has 0 saturated heterocycles. The fourth-order valence-electron chi connectivity index (χ4n) is 2.15. The third-order valence-corrected chi connectivity index (χ3v) is 4.27. The zero-order valence-corrected chi connectivity index (χ0v) is 16.1. The Hall–Kier alpha value is -2.68. The van der Waals surface area contributed by atoms with Gasteiger partial charge >= 0.3 is 0 Å². The van der Waals surface area contributed by atoms with Crippen LogP contribution in [0.1, 0.15) is 43.7 Å². The van der Waals surface area contributed by atoms with Gasteiger partial charge in [0.25, 0.3) is 11.6 Å². The van der Waals surface area contributed by atoms with Crippen LogP contribution in [-0.2, 0) is 5.41 Å². The Labute approximate surface area is 155 Å². The Morgan fingerprint density at radius 2 is 2.04 bits per heavy atom. The van der Waals surface area contributed by atoms with Gasteiger partial charge in [-0.25, -0.2) is 4.98 Å². The van der Waals surface area contributed by atoms with Gasteiger partial charge in [0.2, 0.25) is 0 Å². The maximum absolute atomic E-state index is 12.6. The Balaban J connectivity index is 2.38. The first-order chi connectivity index (χ1) is 12.2. The van der Waals surface area contributed by atoms with Crippen molar-refractivity contribution in [2.75, 3.05) is 19.0 Å². The molecule has 1 amide bonds. The minimum absolute atomic E-state index is 0.122. The van der Waals surface area contributed by atoms with Crippen LogP contribution in [0, 0.1) is 10.1 Å². The molecule has 0 bridgehead atoms. The lowest BCUT2D eigenvalue weighted by molar-refractivity contribution is -0.385. The maximum Gasteiger partial charge on any atom is 0.286 e. The number of methoxy groups -OCH3 is 1. The lowest BCUT2D eigenvalue weighted by atomic mass is 9.93. The number of amides is 1. The van der Waals surface area contributed by atoms with E-state index in [9.17, 15) is 14.9 Å². The smallest absolute Gasteiger partial charge is 0.286 e. The standard InChI is InChI=1S/C17H21N3O5S/c1-6-25-13-8-11(20(22)23)10(7-12(13)24-5)15(21)19-16-18-14(9-26-16)17(2,3)4/h7-9H,6H2,1-5H3,(H,18,19,21). The number of ether oxygens (including phenoxy) is 2. The van der Waals surface area contributed by atoms with Gasteiger partial charge in [-0.3, -0.25) is 20.2 Å². The summed E-state index contributed by atoms with van der Waals surface area (Å²) in [7, 11) is 1.40. The molecule has 2 rings (SSSR count). The Morgan fingerprint density at radius 3 is 2.54 bits per heavy atom. The topological polar surface area (TPSA) is 104 Å². The zero-order chi connectivity index (χ0) is 19.5. The third kappa shape index (κ3) is 4.29. The van der Waals surface area contributed by atoms with E-state index in [1.807, 2.05) is 26.2 Å². The summed E-state index contributed by atoms with van der Waals surface area (Å²) in [5, 5.41) is 16.2. The van der Waals surface area contributed by atoms with Crippen LogP contribution in [0.4, 0.5) is 10.8 Å². The maximum atomic E-state index is 12.6. The summed E-state index contributed by atoms with van der Waals surface area (Å²) in [5.74, 6) is -0.174. The molecule has 9 heteroatoms. The quantitative estimate of drug-likeness (QED) is 0.601. The second kappa shape index (κ2) is 7.69. The Kier molecular flexibility index (Phi) is 5.81. The number of anilines is 1. The van der Waals surface area contributed by atoms with Crippen LogP contribution in [0.2, 0.25) is 0 Å². The molecule has 0 aliphatic heterocycles. The van der Waals surface area contributed by atoms with E-state index in [2.05, 4.69) is 10.3 Å². The lowest BCUT2D eigenvalue weighted by Gasteiger charge is -2.14. The van der Waals surface area contributed by atoms with Crippen molar-refractivity contribution in [2.24, 2.45) is 0 Å². The van der Waals surface area contributed by atoms with Crippen molar-refractivity contribution in [3.8, 4) is 11.5 Å². The number of nitro groups is 1. The molecule has 0 spiro atoms. The molecule has 0 saturated carbocycles. The number of nitrogens with one attached hydrogen (secondary N) is 1. The number of rotatable bonds is 6. The first-order valence-corrected chi connectivity index (χ1v) is 8.82. The second-order valence-electron chi connectivity index (χ2n) is 6.45. The van der Waals surface area contributed by atoms with Crippen LogP contribution >= 0.6 is 11.3 Å². The molecule has 8 nitrogen and oxygen atoms in total. The molecule has 2 aromatic rings. The number of thiazole rings is 1. The molecule has 0 fully saturated rings. The van der Waals surface area contributed by atoms with E-state index in [1.54, 1.807) is 6.92 Å². The van der Waals surface area contributed by atoms with Gasteiger partial charge in [0.05, 0.1) is 30.4 Å². The summed E-state index contributed by atoms with van der Waals surface area (Å²) in [5.41, 5.74) is 0.187. The molecule has 0 unspecified atom stereocenters. The van der Waals surface area contributed by atoms with Crippen LogP contribution < -0.4 is 14.8 Å². The lowest BCUT2D eigenvalue weighted by Crippen LogP contribution is -2.16. The van der Waals surface area contributed by atoms with Crippen LogP contribution in [0.15, 0.2) is 17.5 Å². The molecule has 1 aromatic carbocycles. The Bertz CT molecular complexity index is 826. The van der Waals surface area contributed by atoms with E-state index < -0.39 is 10.8 Å². The highest BCUT2D eigenvalue weighted by Gasteiger charge is 2.26. The first kappa shape index (κ1) is 19.6. The van der Waals surface area contributed by atoms with Crippen molar-refractivity contribution in [3.63, 3.8) is 0 Å². The summed E-state index contributed by atoms with van der Waals surface area (Å²) in [6.07, 6.45) is 0. The molecule has 0 atom stereocenters. The van der Waals surface area contributed by atoms with Crippen LogP contribution in [0.5, 0.6) is 11.5 Å². The third-order valence-electron chi connectivity index (χ3n) is 3.52. The molecular formula is C17H21N3O5S. The highest BCUT2D eigenvalue weighted by atomic mass is 32.1. The molecule has 0 aliphatic carbocycles. The molecular weight excluding hydrogens is 358 g/mol. The number of hydrogen-bond donors (Lipinski definition) is 1. The van der Waals surface area contributed by atoms with Gasteiger partial charge in [0, 0.05) is 16.9 Å². The van der Waals surface area contributed by atoms with Gasteiger partial charge < -0.3 is 9.47 Å². The van der Waals surface area contributed by atoms with Crippen molar-refractivity contribution < 1.29 is 19.2 Å². The van der Waals surface area contributed by atoms with Crippen molar-refractivity contribution in [1.82, 2.24) is 4.98 Å². The van der Waals surface area contributed by atoms with Gasteiger partial charge in [-0.1, -0.05) is 20.8 Å². The summed E-state index contributed by atoms with van der Waals surface area (Å²) in [6, 6.07) is 2.50. The highest BCUT2D eigenvalue weighted by Crippen LogP contribution is 2.35. The predicted molar refractivity (Wildman–Crippen MR) is 99.6 cm³/mol. The number of carbonyl (C=O) groups excluding carboxylic acids is 1. The van der Waals surface area contributed by atoms with E-state index in [1.165, 1.54) is 30.6 Å².